The van der Waals surface area contributed by atoms with Crippen molar-refractivity contribution in [1.29, 1.82) is 0 Å². The Kier molecular flexibility index (Phi) is 7.48. The summed E-state index contributed by atoms with van der Waals surface area (Å²) in [5, 5.41) is 12.8. The van der Waals surface area contributed by atoms with Gasteiger partial charge in [-0.05, 0) is 37.8 Å². The topological polar surface area (TPSA) is 127 Å². The van der Waals surface area contributed by atoms with Gasteiger partial charge in [0.2, 0.25) is 5.95 Å². The van der Waals surface area contributed by atoms with Gasteiger partial charge in [0.25, 0.3) is 5.56 Å². The number of fused-ring (bicyclic) bond motifs is 4. The Hall–Kier alpha value is -3.48. The minimum absolute atomic E-state index is 0.0977. The van der Waals surface area contributed by atoms with Crippen LogP contribution >= 0.6 is 11.6 Å². The van der Waals surface area contributed by atoms with Gasteiger partial charge in [-0.2, -0.15) is 4.98 Å². The van der Waals surface area contributed by atoms with E-state index in [0.717, 1.165) is 18.9 Å². The van der Waals surface area contributed by atoms with Crippen LogP contribution in [0.15, 0.2) is 35.5 Å². The number of benzene rings is 1. The first-order valence-electron chi connectivity index (χ1n) is 14.4. The van der Waals surface area contributed by atoms with Gasteiger partial charge in [0.1, 0.15) is 12.2 Å². The van der Waals surface area contributed by atoms with E-state index in [1.165, 1.54) is 0 Å². The Balaban J connectivity index is 1.45. The van der Waals surface area contributed by atoms with E-state index in [1.54, 1.807) is 24.0 Å². The number of halogens is 1. The monoisotopic (exact) mass is 609 g/mol. The number of piperidine rings is 1. The number of nitrogens with one attached hydrogen (secondary N) is 1. The van der Waals surface area contributed by atoms with Gasteiger partial charge < -0.3 is 24.6 Å². The molecule has 2 N–H and O–H groups in total. The molecule has 0 saturated carbocycles. The minimum Gasteiger partial charge on any atom is -0.465 e. The van der Waals surface area contributed by atoms with E-state index < -0.39 is 14.2 Å². The van der Waals surface area contributed by atoms with Crippen molar-refractivity contribution in [2.45, 2.75) is 76.2 Å². The fourth-order valence-electron chi connectivity index (χ4n) is 6.39. The number of aromatic nitrogens is 5. The van der Waals surface area contributed by atoms with E-state index in [4.69, 9.17) is 21.3 Å². The molecule has 13 heteroatoms. The number of hydrogen-bond donors (Lipinski definition) is 2. The number of anilines is 1. The van der Waals surface area contributed by atoms with Crippen molar-refractivity contribution >= 4 is 53.8 Å². The van der Waals surface area contributed by atoms with Crippen molar-refractivity contribution in [1.82, 2.24) is 29.4 Å². The lowest BCUT2D eigenvalue weighted by Gasteiger charge is -2.40. The van der Waals surface area contributed by atoms with Crippen molar-refractivity contribution in [3.63, 3.8) is 0 Å². The van der Waals surface area contributed by atoms with Crippen LogP contribution in [0.3, 0.4) is 0 Å². The Morgan fingerprint density at radius 3 is 2.55 bits per heavy atom. The fraction of sp³-hybridized carbons (Fsp3) is 0.483. The Labute approximate surface area is 249 Å². The summed E-state index contributed by atoms with van der Waals surface area (Å²) in [5.74, 6) is 0.595. The standard InChI is InChI=1S/C29H36ClN7O4Si/c1-35-27(38)23-21(20-7-8-22-25(24(20)30)32-10-9-31-22)15-36(16-41-11-12-42(2,3)4)26(23)34-28(35)37-18-5-6-19(37)14-17(13-18)33-29(39)40/h7-10,15,17-19,33H,5-6,11-14,16H2,1-4H3,(H,39,40)/t17-,18+,19-. The van der Waals surface area contributed by atoms with Crippen molar-refractivity contribution in [3.05, 3.63) is 46.1 Å². The highest BCUT2D eigenvalue weighted by atomic mass is 35.5. The second-order valence-electron chi connectivity index (χ2n) is 12.6. The molecule has 2 fully saturated rings. The summed E-state index contributed by atoms with van der Waals surface area (Å²) >= 11 is 6.88. The molecule has 2 saturated heterocycles. The zero-order valence-electron chi connectivity index (χ0n) is 24.3. The van der Waals surface area contributed by atoms with Gasteiger partial charge in [-0.1, -0.05) is 37.3 Å². The van der Waals surface area contributed by atoms with Crippen LogP contribution in [-0.2, 0) is 18.5 Å². The first-order valence-corrected chi connectivity index (χ1v) is 18.5. The molecule has 2 aliphatic heterocycles. The normalized spacial score (nSPS) is 20.5. The van der Waals surface area contributed by atoms with Gasteiger partial charge in [0.05, 0.1) is 15.9 Å². The Morgan fingerprint density at radius 1 is 1.14 bits per heavy atom. The quantitative estimate of drug-likeness (QED) is 0.209. The van der Waals surface area contributed by atoms with Gasteiger partial charge in [-0.3, -0.25) is 19.3 Å². The minimum atomic E-state index is -1.28. The zero-order valence-corrected chi connectivity index (χ0v) is 26.1. The number of rotatable bonds is 8. The Bertz CT molecular complexity index is 1720. The molecule has 0 spiro atoms. The maximum absolute atomic E-state index is 14.2. The fourth-order valence-corrected chi connectivity index (χ4v) is 7.45. The van der Waals surface area contributed by atoms with E-state index in [9.17, 15) is 14.7 Å². The van der Waals surface area contributed by atoms with Crippen LogP contribution < -0.4 is 15.8 Å². The average Bonchev–Trinajstić information content (AvgIpc) is 3.42. The molecule has 42 heavy (non-hydrogen) atoms. The zero-order chi connectivity index (χ0) is 29.8. The van der Waals surface area contributed by atoms with Crippen molar-refractivity contribution in [2.24, 2.45) is 7.05 Å². The molecule has 5 heterocycles. The molecule has 6 rings (SSSR count). The third-order valence-electron chi connectivity index (χ3n) is 8.46. The number of carboxylic acid groups (broad SMARTS) is 1. The van der Waals surface area contributed by atoms with Crippen LogP contribution in [0.4, 0.5) is 10.7 Å². The van der Waals surface area contributed by atoms with Crippen LogP contribution in [0, 0.1) is 0 Å². The van der Waals surface area contributed by atoms with Crippen LogP contribution in [0.5, 0.6) is 0 Å². The molecule has 0 radical (unpaired) electrons. The number of nitrogens with zero attached hydrogens (tertiary/aromatic N) is 6. The largest absolute Gasteiger partial charge is 0.465 e. The summed E-state index contributed by atoms with van der Waals surface area (Å²) in [6.45, 7) is 7.81. The summed E-state index contributed by atoms with van der Waals surface area (Å²) in [7, 11) is 0.470. The first-order chi connectivity index (χ1) is 20.0. The highest BCUT2D eigenvalue weighted by Crippen LogP contribution is 2.40. The number of amides is 1. The predicted octanol–water partition coefficient (Wildman–Crippen LogP) is 5.08. The van der Waals surface area contributed by atoms with E-state index in [0.29, 0.717) is 63.6 Å². The maximum Gasteiger partial charge on any atom is 0.404 e. The van der Waals surface area contributed by atoms with Crippen molar-refractivity contribution < 1.29 is 14.6 Å². The van der Waals surface area contributed by atoms with Gasteiger partial charge >= 0.3 is 6.09 Å². The van der Waals surface area contributed by atoms with Crippen LogP contribution in [0.1, 0.15) is 25.7 Å². The van der Waals surface area contributed by atoms with Crippen LogP contribution in [0.2, 0.25) is 30.7 Å². The lowest BCUT2D eigenvalue weighted by Crippen LogP contribution is -2.51. The maximum atomic E-state index is 14.2. The molecule has 2 bridgehead atoms. The SMILES string of the molecule is Cn1c(N2[C@@H]3CC[C@H]2C[C@@H](NC(=O)O)C3)nc2c(c(-c3ccc4nccnc4c3Cl)cn2COCC[Si](C)(C)C)c1=O. The molecule has 0 aliphatic carbocycles. The van der Waals surface area contributed by atoms with Gasteiger partial charge in [0, 0.05) is 69.6 Å². The Morgan fingerprint density at radius 2 is 1.86 bits per heavy atom. The molecule has 0 unspecified atom stereocenters. The predicted molar refractivity (Wildman–Crippen MR) is 166 cm³/mol. The third-order valence-corrected chi connectivity index (χ3v) is 10.5. The summed E-state index contributed by atoms with van der Waals surface area (Å²) in [4.78, 5) is 41.6. The van der Waals surface area contributed by atoms with E-state index in [-0.39, 0.29) is 30.4 Å². The molecule has 3 atom stereocenters. The van der Waals surface area contributed by atoms with E-state index >= 15 is 0 Å². The lowest BCUT2D eigenvalue weighted by molar-refractivity contribution is 0.0899. The lowest BCUT2D eigenvalue weighted by atomic mass is 9.98. The molecule has 4 aromatic rings. The van der Waals surface area contributed by atoms with Gasteiger partial charge in [0.15, 0.2) is 5.65 Å². The van der Waals surface area contributed by atoms with Crippen LogP contribution in [0.25, 0.3) is 33.2 Å². The third kappa shape index (κ3) is 5.27. The first kappa shape index (κ1) is 28.6. The van der Waals surface area contributed by atoms with Crippen molar-refractivity contribution in [2.75, 3.05) is 11.5 Å². The molecular weight excluding hydrogens is 574 g/mol. The molecule has 1 aromatic carbocycles. The smallest absolute Gasteiger partial charge is 0.404 e. The second kappa shape index (κ2) is 11.0. The molecule has 1 amide bonds. The van der Waals surface area contributed by atoms with Crippen molar-refractivity contribution in [3.8, 4) is 11.1 Å². The number of carbonyl (C=O) groups is 1. The summed E-state index contributed by atoms with van der Waals surface area (Å²) < 4.78 is 9.65. The second-order valence-corrected chi connectivity index (χ2v) is 18.6. The molecule has 3 aromatic heterocycles. The highest BCUT2D eigenvalue weighted by molar-refractivity contribution is 6.76. The van der Waals surface area contributed by atoms with E-state index in [2.05, 4.69) is 39.8 Å². The molecule has 222 valence electrons. The highest BCUT2D eigenvalue weighted by Gasteiger charge is 2.43. The number of ether oxygens (including phenoxy) is 1. The average molecular weight is 610 g/mol. The molecular formula is C29H36ClN7O4Si. The van der Waals surface area contributed by atoms with Gasteiger partial charge in [-0.15, -0.1) is 0 Å². The van der Waals surface area contributed by atoms with Crippen LogP contribution in [-0.4, -0.2) is 68.1 Å². The summed E-state index contributed by atoms with van der Waals surface area (Å²) in [6.07, 6.45) is 7.33. The van der Waals surface area contributed by atoms with Gasteiger partial charge in [-0.25, -0.2) is 4.79 Å². The molecule has 2 aliphatic rings. The van der Waals surface area contributed by atoms with E-state index in [1.807, 2.05) is 22.9 Å². The molecule has 11 nitrogen and oxygen atoms in total. The number of hydrogen-bond acceptors (Lipinski definition) is 7. The summed E-state index contributed by atoms with van der Waals surface area (Å²) in [5.41, 5.74) is 2.96. The summed E-state index contributed by atoms with van der Waals surface area (Å²) in [6, 6.07) is 4.85.